The number of amides is 3. The number of hydrogen-bond donors (Lipinski definition) is 2. The van der Waals surface area contributed by atoms with Gasteiger partial charge in [-0.05, 0) is 24.1 Å². The number of ether oxygens (including phenoxy) is 1. The van der Waals surface area contributed by atoms with Crippen LogP contribution < -0.4 is 10.6 Å². The fourth-order valence-electron chi connectivity index (χ4n) is 2.55. The fraction of sp³-hybridized carbons (Fsp3) is 0.438. The van der Waals surface area contributed by atoms with Gasteiger partial charge in [-0.3, -0.25) is 9.59 Å². The summed E-state index contributed by atoms with van der Waals surface area (Å²) in [5, 5.41) is 5.60. The predicted molar refractivity (Wildman–Crippen MR) is 85.0 cm³/mol. The summed E-state index contributed by atoms with van der Waals surface area (Å²) in [5.41, 5.74) is 1.56. The maximum absolute atomic E-state index is 12.1. The zero-order valence-electron chi connectivity index (χ0n) is 13.3. The Kier molecular flexibility index (Phi) is 5.56. The maximum Gasteiger partial charge on any atom is 0.409 e. The van der Waals surface area contributed by atoms with E-state index in [0.717, 1.165) is 12.0 Å². The van der Waals surface area contributed by atoms with E-state index >= 15 is 0 Å². The average molecular weight is 319 g/mol. The first-order chi connectivity index (χ1) is 11.0. The molecule has 0 spiro atoms. The van der Waals surface area contributed by atoms with Crippen LogP contribution in [0.3, 0.4) is 0 Å². The molecule has 1 aromatic carbocycles. The first-order valence-corrected chi connectivity index (χ1v) is 7.46. The van der Waals surface area contributed by atoms with E-state index < -0.39 is 0 Å². The topological polar surface area (TPSA) is 87.7 Å². The first kappa shape index (κ1) is 16.8. The number of nitrogens with one attached hydrogen (secondary N) is 2. The normalized spacial score (nSPS) is 16.8. The lowest BCUT2D eigenvalue weighted by Crippen LogP contribution is -2.39. The van der Waals surface area contributed by atoms with Gasteiger partial charge in [0.05, 0.1) is 13.5 Å². The minimum absolute atomic E-state index is 0.0414. The Bertz CT molecular complexity index is 585. The summed E-state index contributed by atoms with van der Waals surface area (Å²) in [6, 6.07) is 7.10. The third-order valence-electron chi connectivity index (χ3n) is 3.63. The van der Waals surface area contributed by atoms with Crippen LogP contribution in [0.4, 0.5) is 10.5 Å². The number of hydrogen-bond acceptors (Lipinski definition) is 4. The van der Waals surface area contributed by atoms with Gasteiger partial charge in [0, 0.05) is 31.7 Å². The number of rotatable bonds is 4. The Labute approximate surface area is 135 Å². The molecule has 23 heavy (non-hydrogen) atoms. The van der Waals surface area contributed by atoms with Crippen molar-refractivity contribution < 1.29 is 19.1 Å². The molecule has 0 radical (unpaired) electrons. The number of benzene rings is 1. The SMILES string of the molecule is COC(=O)N1CCC(NC(=O)Cc2ccc(NC(C)=O)cc2)C1. The molecule has 124 valence electrons. The molecule has 1 aromatic rings. The zero-order valence-corrected chi connectivity index (χ0v) is 13.3. The van der Waals surface area contributed by atoms with Crippen molar-refractivity contribution in [1.29, 1.82) is 0 Å². The monoisotopic (exact) mass is 319 g/mol. The fourth-order valence-corrected chi connectivity index (χ4v) is 2.55. The van der Waals surface area contributed by atoms with Gasteiger partial charge in [0.1, 0.15) is 0 Å². The highest BCUT2D eigenvalue weighted by Crippen LogP contribution is 2.12. The lowest BCUT2D eigenvalue weighted by Gasteiger charge is -2.15. The molecule has 3 amide bonds. The smallest absolute Gasteiger partial charge is 0.409 e. The van der Waals surface area contributed by atoms with E-state index in [1.165, 1.54) is 14.0 Å². The molecule has 1 aliphatic heterocycles. The second kappa shape index (κ2) is 7.62. The Morgan fingerprint density at radius 2 is 1.96 bits per heavy atom. The lowest BCUT2D eigenvalue weighted by molar-refractivity contribution is -0.121. The van der Waals surface area contributed by atoms with Crippen molar-refractivity contribution >= 4 is 23.6 Å². The van der Waals surface area contributed by atoms with Crippen LogP contribution in [0, 0.1) is 0 Å². The molecular formula is C16H21N3O4. The summed E-state index contributed by atoms with van der Waals surface area (Å²) in [5.74, 6) is -0.221. The molecule has 1 unspecified atom stereocenters. The van der Waals surface area contributed by atoms with Gasteiger partial charge < -0.3 is 20.3 Å². The van der Waals surface area contributed by atoms with E-state index in [9.17, 15) is 14.4 Å². The molecule has 0 aliphatic carbocycles. The van der Waals surface area contributed by atoms with Crippen molar-refractivity contribution in [3.8, 4) is 0 Å². The highest BCUT2D eigenvalue weighted by atomic mass is 16.5. The Morgan fingerprint density at radius 3 is 2.57 bits per heavy atom. The van der Waals surface area contributed by atoms with Crippen LogP contribution >= 0.6 is 0 Å². The Hall–Kier alpha value is -2.57. The van der Waals surface area contributed by atoms with Crippen LogP contribution in [0.25, 0.3) is 0 Å². The summed E-state index contributed by atoms with van der Waals surface area (Å²) in [6.45, 7) is 2.50. The third-order valence-corrected chi connectivity index (χ3v) is 3.63. The number of carbonyl (C=O) groups is 3. The van der Waals surface area contributed by atoms with Crippen molar-refractivity contribution in [2.45, 2.75) is 25.8 Å². The van der Waals surface area contributed by atoms with Gasteiger partial charge in [-0.1, -0.05) is 12.1 Å². The summed E-state index contributed by atoms with van der Waals surface area (Å²) >= 11 is 0. The molecule has 0 saturated carbocycles. The quantitative estimate of drug-likeness (QED) is 0.871. The molecule has 1 heterocycles. The largest absolute Gasteiger partial charge is 0.453 e. The average Bonchev–Trinajstić information content (AvgIpc) is 2.96. The van der Waals surface area contributed by atoms with E-state index in [1.807, 2.05) is 0 Å². The van der Waals surface area contributed by atoms with Gasteiger partial charge in [0.15, 0.2) is 0 Å². The van der Waals surface area contributed by atoms with Gasteiger partial charge in [0.2, 0.25) is 11.8 Å². The molecule has 0 aromatic heterocycles. The Balaban J connectivity index is 1.81. The van der Waals surface area contributed by atoms with Crippen molar-refractivity contribution in [2.24, 2.45) is 0 Å². The van der Waals surface area contributed by atoms with Gasteiger partial charge in [0.25, 0.3) is 0 Å². The number of likely N-dealkylation sites (tertiary alicyclic amines) is 1. The second-order valence-electron chi connectivity index (χ2n) is 5.52. The van der Waals surface area contributed by atoms with Crippen LogP contribution in [0.5, 0.6) is 0 Å². The number of carbonyl (C=O) groups excluding carboxylic acids is 3. The molecule has 1 saturated heterocycles. The highest BCUT2D eigenvalue weighted by Gasteiger charge is 2.27. The minimum atomic E-state index is -0.365. The molecule has 1 fully saturated rings. The van der Waals surface area contributed by atoms with Crippen molar-refractivity contribution in [2.75, 3.05) is 25.5 Å². The standard InChI is InChI=1S/C16H21N3O4/c1-11(20)17-13-5-3-12(4-6-13)9-15(21)18-14-7-8-19(10-14)16(22)23-2/h3-6,14H,7-10H2,1-2H3,(H,17,20)(H,18,21). The van der Waals surface area contributed by atoms with E-state index in [0.29, 0.717) is 18.8 Å². The van der Waals surface area contributed by atoms with E-state index in [2.05, 4.69) is 15.4 Å². The second-order valence-corrected chi connectivity index (χ2v) is 5.52. The molecule has 1 atom stereocenters. The number of nitrogens with zero attached hydrogens (tertiary/aromatic N) is 1. The Morgan fingerprint density at radius 1 is 1.26 bits per heavy atom. The molecule has 2 N–H and O–H groups in total. The number of methoxy groups -OCH3 is 1. The van der Waals surface area contributed by atoms with Gasteiger partial charge >= 0.3 is 6.09 Å². The summed E-state index contributed by atoms with van der Waals surface area (Å²) in [7, 11) is 1.35. The van der Waals surface area contributed by atoms with Crippen molar-refractivity contribution in [3.63, 3.8) is 0 Å². The van der Waals surface area contributed by atoms with Crippen LogP contribution in [0.15, 0.2) is 24.3 Å². The van der Waals surface area contributed by atoms with E-state index in [-0.39, 0.29) is 30.4 Å². The summed E-state index contributed by atoms with van der Waals surface area (Å²) < 4.78 is 4.67. The van der Waals surface area contributed by atoms with Gasteiger partial charge in [-0.2, -0.15) is 0 Å². The van der Waals surface area contributed by atoms with Crippen LogP contribution in [-0.2, 0) is 20.7 Å². The van der Waals surface area contributed by atoms with Gasteiger partial charge in [-0.15, -0.1) is 0 Å². The van der Waals surface area contributed by atoms with E-state index in [4.69, 9.17) is 0 Å². The molecule has 2 rings (SSSR count). The van der Waals surface area contributed by atoms with Crippen LogP contribution in [0.2, 0.25) is 0 Å². The van der Waals surface area contributed by atoms with E-state index in [1.54, 1.807) is 29.2 Å². The molecular weight excluding hydrogens is 298 g/mol. The van der Waals surface area contributed by atoms with Crippen molar-refractivity contribution in [3.05, 3.63) is 29.8 Å². The van der Waals surface area contributed by atoms with Crippen LogP contribution in [0.1, 0.15) is 18.9 Å². The minimum Gasteiger partial charge on any atom is -0.453 e. The first-order valence-electron chi connectivity index (χ1n) is 7.46. The van der Waals surface area contributed by atoms with Crippen LogP contribution in [-0.4, -0.2) is 49.0 Å². The zero-order chi connectivity index (χ0) is 16.8. The van der Waals surface area contributed by atoms with Crippen molar-refractivity contribution in [1.82, 2.24) is 10.2 Å². The summed E-state index contributed by atoms with van der Waals surface area (Å²) in [4.78, 5) is 36.0. The third kappa shape index (κ3) is 4.98. The number of anilines is 1. The highest BCUT2D eigenvalue weighted by molar-refractivity contribution is 5.88. The predicted octanol–water partition coefficient (Wildman–Crippen LogP) is 1.14. The molecule has 0 bridgehead atoms. The molecule has 7 nitrogen and oxygen atoms in total. The summed E-state index contributed by atoms with van der Waals surface area (Å²) in [6.07, 6.45) is 0.618. The molecule has 7 heteroatoms. The molecule has 1 aliphatic rings. The van der Waals surface area contributed by atoms with Gasteiger partial charge in [-0.25, -0.2) is 4.79 Å². The lowest BCUT2D eigenvalue weighted by atomic mass is 10.1. The maximum atomic E-state index is 12.1.